The molecule has 0 N–H and O–H groups in total. The lowest BCUT2D eigenvalue weighted by atomic mass is 9.99. The fourth-order valence-electron chi connectivity index (χ4n) is 3.23. The van der Waals surface area contributed by atoms with E-state index in [9.17, 15) is 9.59 Å². The van der Waals surface area contributed by atoms with E-state index in [0.29, 0.717) is 10.6 Å². The van der Waals surface area contributed by atoms with Crippen molar-refractivity contribution in [2.24, 2.45) is 5.92 Å². The summed E-state index contributed by atoms with van der Waals surface area (Å²) in [6, 6.07) is 7.87. The maximum atomic E-state index is 12.7. The van der Waals surface area contributed by atoms with Gasteiger partial charge in [0.05, 0.1) is 11.8 Å². The molecule has 1 amide bonds. The summed E-state index contributed by atoms with van der Waals surface area (Å²) in [5.41, 5.74) is 0.607. The number of carbonyl (C=O) groups is 1. The number of benzene rings is 1. The molecule has 0 radical (unpaired) electrons. The van der Waals surface area contributed by atoms with Crippen molar-refractivity contribution in [3.63, 3.8) is 0 Å². The third-order valence-electron chi connectivity index (χ3n) is 4.79. The highest BCUT2D eigenvalue weighted by Crippen LogP contribution is 2.29. The predicted molar refractivity (Wildman–Crippen MR) is 96.4 cm³/mol. The molecule has 3 aromatic rings. The molecule has 0 spiro atoms. The van der Waals surface area contributed by atoms with E-state index in [1.54, 1.807) is 0 Å². The van der Waals surface area contributed by atoms with Gasteiger partial charge in [0.15, 0.2) is 0 Å². The second kappa shape index (κ2) is 6.02. The van der Waals surface area contributed by atoms with Crippen LogP contribution in [0.15, 0.2) is 35.4 Å². The molecule has 0 unspecified atom stereocenters. The first-order chi connectivity index (χ1) is 11.6. The average molecular weight is 341 g/mol. The first-order valence-corrected chi connectivity index (χ1v) is 9.09. The summed E-state index contributed by atoms with van der Waals surface area (Å²) in [5, 5.41) is 0.998. The predicted octanol–water partition coefficient (Wildman–Crippen LogP) is 2.87. The van der Waals surface area contributed by atoms with Crippen molar-refractivity contribution in [2.75, 3.05) is 13.1 Å². The lowest BCUT2D eigenvalue weighted by molar-refractivity contribution is -0.133. The molecule has 5 nitrogen and oxygen atoms in total. The molecule has 0 atom stereocenters. The Morgan fingerprint density at radius 2 is 2.04 bits per heavy atom. The van der Waals surface area contributed by atoms with Gasteiger partial charge in [-0.05, 0) is 24.8 Å². The summed E-state index contributed by atoms with van der Waals surface area (Å²) in [6.45, 7) is 3.86. The summed E-state index contributed by atoms with van der Waals surface area (Å²) >= 11 is 1.44. The zero-order valence-electron chi connectivity index (χ0n) is 13.6. The Labute approximate surface area is 143 Å². The molecule has 1 fully saturated rings. The van der Waals surface area contributed by atoms with Gasteiger partial charge in [-0.15, -0.1) is 11.3 Å². The molecule has 4 rings (SSSR count). The van der Waals surface area contributed by atoms with E-state index in [2.05, 4.69) is 11.9 Å². The number of amides is 1. The Morgan fingerprint density at radius 1 is 1.29 bits per heavy atom. The fourth-order valence-corrected chi connectivity index (χ4v) is 4.34. The van der Waals surface area contributed by atoms with E-state index >= 15 is 0 Å². The summed E-state index contributed by atoms with van der Waals surface area (Å²) in [7, 11) is 0. The molecule has 2 aromatic heterocycles. The molecule has 0 aliphatic carbocycles. The van der Waals surface area contributed by atoms with Gasteiger partial charge >= 0.3 is 0 Å². The maximum absolute atomic E-state index is 12.7. The van der Waals surface area contributed by atoms with Gasteiger partial charge in [-0.2, -0.15) is 0 Å². The number of hydrogen-bond acceptors (Lipinski definition) is 4. The highest BCUT2D eigenvalue weighted by atomic mass is 32.1. The van der Waals surface area contributed by atoms with Gasteiger partial charge in [-0.25, -0.2) is 4.98 Å². The van der Waals surface area contributed by atoms with Crippen LogP contribution in [0.3, 0.4) is 0 Å². The molecule has 1 aliphatic rings. The highest BCUT2D eigenvalue weighted by molar-refractivity contribution is 7.25. The van der Waals surface area contributed by atoms with E-state index in [1.807, 2.05) is 29.2 Å². The summed E-state index contributed by atoms with van der Waals surface area (Å²) in [5.74, 6) is 0.680. The van der Waals surface area contributed by atoms with E-state index < -0.39 is 0 Å². The molecule has 1 aliphatic heterocycles. The van der Waals surface area contributed by atoms with Gasteiger partial charge in [0, 0.05) is 23.2 Å². The van der Waals surface area contributed by atoms with Gasteiger partial charge in [-0.3, -0.25) is 14.2 Å². The Kier molecular flexibility index (Phi) is 3.84. The average Bonchev–Trinajstić information content (AvgIpc) is 2.97. The van der Waals surface area contributed by atoms with Crippen LogP contribution in [0.4, 0.5) is 0 Å². The smallest absolute Gasteiger partial charge is 0.271 e. The van der Waals surface area contributed by atoms with Gasteiger partial charge in [0.2, 0.25) is 5.91 Å². The number of thiophene rings is 1. The van der Waals surface area contributed by atoms with Crippen molar-refractivity contribution in [1.29, 1.82) is 0 Å². The first-order valence-electron chi connectivity index (χ1n) is 8.28. The van der Waals surface area contributed by atoms with Crippen LogP contribution in [0.25, 0.3) is 20.3 Å². The number of hydrogen-bond donors (Lipinski definition) is 0. The van der Waals surface area contributed by atoms with Gasteiger partial charge in [0.1, 0.15) is 11.2 Å². The lowest BCUT2D eigenvalue weighted by Gasteiger charge is -2.30. The number of likely N-dealkylation sites (tertiary alicyclic amines) is 1. The van der Waals surface area contributed by atoms with Crippen LogP contribution in [0.1, 0.15) is 19.8 Å². The zero-order chi connectivity index (χ0) is 16.7. The van der Waals surface area contributed by atoms with Crippen LogP contribution in [0, 0.1) is 5.92 Å². The van der Waals surface area contributed by atoms with E-state index in [-0.39, 0.29) is 18.0 Å². The maximum Gasteiger partial charge on any atom is 0.271 e. The van der Waals surface area contributed by atoms with Crippen LogP contribution in [-0.2, 0) is 11.3 Å². The van der Waals surface area contributed by atoms with E-state index in [0.717, 1.165) is 41.5 Å². The Bertz CT molecular complexity index is 967. The lowest BCUT2D eigenvalue weighted by Crippen LogP contribution is -2.41. The van der Waals surface area contributed by atoms with Crippen molar-refractivity contribution >= 4 is 37.5 Å². The van der Waals surface area contributed by atoms with Crippen LogP contribution in [-0.4, -0.2) is 33.4 Å². The third-order valence-corrected chi connectivity index (χ3v) is 5.94. The Balaban J connectivity index is 1.65. The van der Waals surface area contributed by atoms with Gasteiger partial charge in [0.25, 0.3) is 5.56 Å². The monoisotopic (exact) mass is 341 g/mol. The highest BCUT2D eigenvalue weighted by Gasteiger charge is 2.21. The first kappa shape index (κ1) is 15.3. The number of piperidine rings is 1. The summed E-state index contributed by atoms with van der Waals surface area (Å²) in [4.78, 5) is 31.5. The van der Waals surface area contributed by atoms with Crippen molar-refractivity contribution in [3.05, 3.63) is 40.9 Å². The topological polar surface area (TPSA) is 55.2 Å². The second-order valence-electron chi connectivity index (χ2n) is 6.52. The van der Waals surface area contributed by atoms with Crippen LogP contribution in [0.2, 0.25) is 0 Å². The van der Waals surface area contributed by atoms with Gasteiger partial charge in [-0.1, -0.05) is 25.1 Å². The molecule has 124 valence electrons. The Morgan fingerprint density at radius 3 is 2.83 bits per heavy atom. The quantitative estimate of drug-likeness (QED) is 0.720. The molecule has 1 saturated heterocycles. The van der Waals surface area contributed by atoms with Crippen molar-refractivity contribution in [2.45, 2.75) is 26.3 Å². The summed E-state index contributed by atoms with van der Waals surface area (Å²) in [6.07, 6.45) is 3.58. The largest absolute Gasteiger partial charge is 0.341 e. The number of fused-ring (bicyclic) bond motifs is 3. The second-order valence-corrected chi connectivity index (χ2v) is 7.57. The Hall–Kier alpha value is -2.21. The molecule has 0 saturated carbocycles. The molecule has 6 heteroatoms. The minimum absolute atomic E-state index is 0.00580. The van der Waals surface area contributed by atoms with E-state index in [1.165, 1.54) is 22.2 Å². The number of aromatic nitrogens is 2. The van der Waals surface area contributed by atoms with Crippen LogP contribution in [0.5, 0.6) is 0 Å². The number of nitrogens with zero attached hydrogens (tertiary/aromatic N) is 3. The molecule has 0 bridgehead atoms. The number of carbonyl (C=O) groups excluding carboxylic acids is 1. The van der Waals surface area contributed by atoms with Crippen LogP contribution < -0.4 is 5.56 Å². The third kappa shape index (κ3) is 2.60. The fraction of sp³-hybridized carbons (Fsp3) is 0.389. The minimum atomic E-state index is -0.125. The van der Waals surface area contributed by atoms with Gasteiger partial charge < -0.3 is 4.90 Å². The molecular formula is C18H19N3O2S. The van der Waals surface area contributed by atoms with Crippen LogP contribution >= 0.6 is 11.3 Å². The summed E-state index contributed by atoms with van der Waals surface area (Å²) < 4.78 is 3.11. The van der Waals surface area contributed by atoms with Crippen molar-refractivity contribution in [1.82, 2.24) is 14.5 Å². The molecule has 1 aromatic carbocycles. The zero-order valence-corrected chi connectivity index (χ0v) is 14.4. The van der Waals surface area contributed by atoms with Crippen molar-refractivity contribution < 1.29 is 4.79 Å². The molecular weight excluding hydrogens is 322 g/mol. The van der Waals surface area contributed by atoms with E-state index in [4.69, 9.17) is 0 Å². The standard InChI is InChI=1S/C18H19N3O2S/c1-12-6-8-20(9-7-12)15(22)10-21-11-19-16-13-4-2-3-5-14(13)24-17(16)18(21)23/h2-5,11-12H,6-10H2,1H3. The number of rotatable bonds is 2. The molecule has 24 heavy (non-hydrogen) atoms. The minimum Gasteiger partial charge on any atom is -0.341 e. The van der Waals surface area contributed by atoms with Crippen molar-refractivity contribution in [3.8, 4) is 0 Å². The molecule has 3 heterocycles. The SMILES string of the molecule is CC1CCN(C(=O)Cn2cnc3c(sc4ccccc43)c2=O)CC1. The normalized spacial score (nSPS) is 16.1.